The summed E-state index contributed by atoms with van der Waals surface area (Å²) in [6.45, 7) is 0. The molecule has 1 rings (SSSR count). The quantitative estimate of drug-likeness (QED) is 0.521. The van der Waals surface area contributed by atoms with Crippen molar-refractivity contribution in [2.24, 2.45) is 0 Å². The lowest BCUT2D eigenvalue weighted by molar-refractivity contribution is 0.426. The number of nitrogens with zero attached hydrogens (tertiary/aromatic N) is 1. The van der Waals surface area contributed by atoms with E-state index in [1.807, 2.05) is 6.07 Å². The van der Waals surface area contributed by atoms with Crippen LogP contribution in [-0.2, 0) is 0 Å². The summed E-state index contributed by atoms with van der Waals surface area (Å²) in [5.41, 5.74) is 0.901. The second-order valence-electron chi connectivity index (χ2n) is 2.11. The standard InChI is InChI=1S/C7H6BNO2/c9-5-6-1-3-7(4-2-6)8(10)11/h1-4,10-11H/i1+1,2+1,3+1,4+1,6+1,7+1. The minimum absolute atomic E-state index is 0.393. The average Bonchev–Trinajstić information content (AvgIpc) is 2.05. The fourth-order valence-electron chi connectivity index (χ4n) is 0.730. The molecular formula is C7H6BNO2. The van der Waals surface area contributed by atoms with Gasteiger partial charge in [-0.15, -0.1) is 0 Å². The van der Waals surface area contributed by atoms with Gasteiger partial charge in [0.15, 0.2) is 0 Å². The van der Waals surface area contributed by atoms with Gasteiger partial charge in [0, 0.05) is 0 Å². The van der Waals surface area contributed by atoms with Crippen LogP contribution >= 0.6 is 0 Å². The van der Waals surface area contributed by atoms with Crippen molar-refractivity contribution < 1.29 is 10.0 Å². The van der Waals surface area contributed by atoms with Crippen LogP contribution in [0.25, 0.3) is 0 Å². The summed E-state index contributed by atoms with van der Waals surface area (Å²) >= 11 is 0. The average molecular weight is 153 g/mol. The van der Waals surface area contributed by atoms with Crippen LogP contribution in [0.1, 0.15) is 5.56 Å². The van der Waals surface area contributed by atoms with Gasteiger partial charge in [-0.2, -0.15) is 5.26 Å². The fourth-order valence-corrected chi connectivity index (χ4v) is 0.730. The molecule has 1 aromatic rings. The molecule has 0 unspecified atom stereocenters. The lowest BCUT2D eigenvalue weighted by Crippen LogP contribution is -2.29. The third-order valence-electron chi connectivity index (χ3n) is 1.34. The molecule has 54 valence electrons. The Morgan fingerprint density at radius 3 is 2.09 bits per heavy atom. The first-order valence-electron chi connectivity index (χ1n) is 3.10. The second kappa shape index (κ2) is 3.19. The van der Waals surface area contributed by atoms with E-state index in [4.69, 9.17) is 15.3 Å². The highest BCUT2D eigenvalue weighted by molar-refractivity contribution is 6.58. The lowest BCUT2D eigenvalue weighted by Gasteiger charge is -1.96. The zero-order valence-electron chi connectivity index (χ0n) is 5.73. The summed E-state index contributed by atoms with van der Waals surface area (Å²) < 4.78 is 0. The van der Waals surface area contributed by atoms with E-state index < -0.39 is 7.12 Å². The van der Waals surface area contributed by atoms with Gasteiger partial charge in [-0.1, -0.05) is 12.1 Å². The molecule has 0 radical (unpaired) electrons. The maximum Gasteiger partial charge on any atom is 0.488 e. The molecule has 0 fully saturated rings. The molecule has 0 aliphatic carbocycles. The molecule has 0 saturated heterocycles. The molecule has 0 saturated carbocycles. The molecule has 0 amide bonds. The topological polar surface area (TPSA) is 64.2 Å². The van der Waals surface area contributed by atoms with Crippen LogP contribution in [0.15, 0.2) is 24.3 Å². The van der Waals surface area contributed by atoms with Crippen LogP contribution in [-0.4, -0.2) is 17.2 Å². The third kappa shape index (κ3) is 1.80. The van der Waals surface area contributed by atoms with Crippen molar-refractivity contribution in [3.8, 4) is 6.07 Å². The van der Waals surface area contributed by atoms with E-state index in [1.54, 1.807) is 0 Å². The first kappa shape index (κ1) is 7.80. The van der Waals surface area contributed by atoms with Crippen LogP contribution in [0.4, 0.5) is 0 Å². The van der Waals surface area contributed by atoms with E-state index in [0.717, 1.165) is 0 Å². The van der Waals surface area contributed by atoms with Crippen LogP contribution in [0.2, 0.25) is 0 Å². The number of nitriles is 1. The van der Waals surface area contributed by atoms with E-state index in [-0.39, 0.29) is 0 Å². The zero-order valence-corrected chi connectivity index (χ0v) is 5.73. The number of hydrogen-bond donors (Lipinski definition) is 2. The Kier molecular flexibility index (Phi) is 2.26. The van der Waals surface area contributed by atoms with Gasteiger partial charge < -0.3 is 10.0 Å². The van der Waals surface area contributed by atoms with Crippen molar-refractivity contribution in [1.29, 1.82) is 5.26 Å². The summed E-state index contributed by atoms with van der Waals surface area (Å²) in [6, 6.07) is 8.01. The van der Waals surface area contributed by atoms with E-state index >= 15 is 0 Å². The molecule has 0 spiro atoms. The van der Waals surface area contributed by atoms with Crippen LogP contribution in [0.3, 0.4) is 0 Å². The molecular weight excluding hydrogens is 147 g/mol. The summed E-state index contributed by atoms with van der Waals surface area (Å²) in [5.74, 6) is 0. The van der Waals surface area contributed by atoms with Crippen LogP contribution in [0.5, 0.6) is 0 Å². The SMILES string of the molecule is N#C[13c]1[13cH][13cH][13c](B(O)O)[13cH][13cH]1. The van der Waals surface area contributed by atoms with E-state index in [0.29, 0.717) is 11.0 Å². The molecule has 0 heterocycles. The Hall–Kier alpha value is -1.31. The minimum atomic E-state index is -1.46. The largest absolute Gasteiger partial charge is 0.488 e. The Balaban J connectivity index is 2.94. The van der Waals surface area contributed by atoms with Gasteiger partial charge in [0.2, 0.25) is 0 Å². The Labute approximate surface area is 64.7 Å². The van der Waals surface area contributed by atoms with Crippen molar-refractivity contribution in [1.82, 2.24) is 0 Å². The highest BCUT2D eigenvalue weighted by Gasteiger charge is 2.08. The smallest absolute Gasteiger partial charge is 0.423 e. The predicted molar refractivity (Wildman–Crippen MR) is 41.0 cm³/mol. The van der Waals surface area contributed by atoms with Crippen molar-refractivity contribution in [3.63, 3.8) is 0 Å². The summed E-state index contributed by atoms with van der Waals surface area (Å²) in [6.07, 6.45) is 0. The number of rotatable bonds is 1. The summed E-state index contributed by atoms with van der Waals surface area (Å²) in [7, 11) is -1.46. The van der Waals surface area contributed by atoms with Gasteiger partial charge >= 0.3 is 7.12 Å². The Bertz CT molecular complexity index is 275. The van der Waals surface area contributed by atoms with Crippen LogP contribution < -0.4 is 5.46 Å². The zero-order chi connectivity index (χ0) is 8.27. The molecule has 4 heteroatoms. The van der Waals surface area contributed by atoms with E-state index in [9.17, 15) is 0 Å². The van der Waals surface area contributed by atoms with Crippen molar-refractivity contribution in [2.45, 2.75) is 0 Å². The predicted octanol–water partition coefficient (Wildman–Crippen LogP) is -0.762. The minimum Gasteiger partial charge on any atom is -0.423 e. The molecule has 0 atom stereocenters. The first-order valence-corrected chi connectivity index (χ1v) is 3.10. The summed E-state index contributed by atoms with van der Waals surface area (Å²) in [4.78, 5) is 0. The van der Waals surface area contributed by atoms with Gasteiger partial charge in [0.25, 0.3) is 0 Å². The molecule has 0 aliphatic rings. The number of benzene rings is 1. The lowest BCUT2D eigenvalue weighted by atomic mass is 10.1. The molecule has 2 N–H and O–H groups in total. The van der Waals surface area contributed by atoms with Crippen LogP contribution in [0, 0.1) is 11.3 Å². The van der Waals surface area contributed by atoms with Crippen molar-refractivity contribution >= 4 is 12.6 Å². The monoisotopic (exact) mass is 153 g/mol. The number of hydrogen-bond acceptors (Lipinski definition) is 3. The van der Waals surface area contributed by atoms with Crippen molar-refractivity contribution in [3.05, 3.63) is 29.8 Å². The molecule has 0 bridgehead atoms. The molecule has 3 nitrogen and oxygen atoms in total. The molecule has 1 aromatic carbocycles. The highest BCUT2D eigenvalue weighted by Crippen LogP contribution is 1.93. The normalized spacial score (nSPS) is 8.82. The highest BCUT2D eigenvalue weighted by atomic mass is 16.4. The first-order chi connectivity index (χ1) is 5.24. The van der Waals surface area contributed by atoms with Gasteiger partial charge in [-0.05, 0) is 17.6 Å². The maximum atomic E-state index is 8.66. The Morgan fingerprint density at radius 1 is 1.18 bits per heavy atom. The van der Waals surface area contributed by atoms with Gasteiger partial charge in [-0.25, -0.2) is 0 Å². The van der Waals surface area contributed by atoms with E-state index in [1.165, 1.54) is 24.3 Å². The fraction of sp³-hybridized carbons (Fsp3) is 0. The second-order valence-corrected chi connectivity index (χ2v) is 2.11. The third-order valence-corrected chi connectivity index (χ3v) is 1.34. The van der Waals surface area contributed by atoms with E-state index in [2.05, 4.69) is 0 Å². The molecule has 0 aromatic heterocycles. The molecule has 11 heavy (non-hydrogen) atoms. The Morgan fingerprint density at radius 2 is 1.73 bits per heavy atom. The maximum absolute atomic E-state index is 8.66. The summed E-state index contributed by atoms with van der Waals surface area (Å²) in [5, 5.41) is 25.7. The van der Waals surface area contributed by atoms with Crippen molar-refractivity contribution in [2.75, 3.05) is 0 Å². The van der Waals surface area contributed by atoms with Gasteiger partial charge in [0.05, 0.1) is 11.6 Å². The molecule has 0 aliphatic heterocycles. The van der Waals surface area contributed by atoms with Gasteiger partial charge in [0.1, 0.15) is 0 Å². The van der Waals surface area contributed by atoms with Gasteiger partial charge in [-0.3, -0.25) is 0 Å².